The summed E-state index contributed by atoms with van der Waals surface area (Å²) in [5, 5.41) is 13.9. The Morgan fingerprint density at radius 3 is 2.58 bits per heavy atom. The van der Waals surface area contributed by atoms with Gasteiger partial charge in [-0.25, -0.2) is 0 Å². The number of carbonyl (C=O) groups excluding carboxylic acids is 1. The van der Waals surface area contributed by atoms with Crippen LogP contribution in [0.25, 0.3) is 0 Å². The van der Waals surface area contributed by atoms with Crippen LogP contribution < -0.4 is 15.0 Å². The lowest BCUT2D eigenvalue weighted by atomic mass is 10.1. The lowest BCUT2D eigenvalue weighted by Crippen LogP contribution is -2.30. The second-order valence-electron chi connectivity index (χ2n) is 5.67. The average Bonchev–Trinajstić information content (AvgIpc) is 2.68. The normalized spacial score (nSPS) is 10.2. The third-order valence-corrected chi connectivity index (χ3v) is 4.03. The van der Waals surface area contributed by atoms with E-state index in [1.165, 1.54) is 25.3 Å². The Morgan fingerprint density at radius 2 is 1.96 bits per heavy atom. The van der Waals surface area contributed by atoms with Crippen LogP contribution in [0.4, 0.5) is 11.4 Å². The molecule has 1 amide bonds. The van der Waals surface area contributed by atoms with Gasteiger partial charge in [0.05, 0.1) is 12.0 Å². The number of benzene rings is 2. The van der Waals surface area contributed by atoms with Crippen LogP contribution in [0.1, 0.15) is 23.7 Å². The van der Waals surface area contributed by atoms with Crippen molar-refractivity contribution in [2.24, 2.45) is 0 Å². The fraction of sp³-hybridized carbons (Fsp3) is 0.316. The number of carbonyl (C=O) groups is 1. The first-order valence-corrected chi connectivity index (χ1v) is 8.47. The van der Waals surface area contributed by atoms with E-state index in [1.54, 1.807) is 0 Å². The van der Waals surface area contributed by atoms with Crippen molar-refractivity contribution >= 4 is 17.3 Å². The van der Waals surface area contributed by atoms with Crippen molar-refractivity contribution < 1.29 is 14.5 Å². The molecule has 0 radical (unpaired) electrons. The van der Waals surface area contributed by atoms with Gasteiger partial charge in [-0.3, -0.25) is 14.9 Å². The minimum Gasteiger partial charge on any atom is -0.490 e. The Labute approximate surface area is 152 Å². The number of amides is 1. The molecule has 0 atom stereocenters. The minimum absolute atomic E-state index is 0.132. The van der Waals surface area contributed by atoms with E-state index in [0.717, 1.165) is 25.2 Å². The highest BCUT2D eigenvalue weighted by Gasteiger charge is 2.18. The molecular formula is C19H23N3O4. The fourth-order valence-electron chi connectivity index (χ4n) is 2.66. The first kappa shape index (κ1) is 19.2. The number of nitro groups is 1. The minimum atomic E-state index is -0.561. The van der Waals surface area contributed by atoms with Crippen molar-refractivity contribution in [1.29, 1.82) is 0 Å². The molecule has 0 saturated heterocycles. The van der Waals surface area contributed by atoms with Gasteiger partial charge in [-0.15, -0.1) is 0 Å². The third-order valence-electron chi connectivity index (χ3n) is 4.03. The van der Waals surface area contributed by atoms with Crippen molar-refractivity contribution in [3.8, 4) is 5.75 Å². The molecule has 2 aromatic rings. The van der Waals surface area contributed by atoms with Gasteiger partial charge >= 0.3 is 5.69 Å². The highest BCUT2D eigenvalue weighted by Crippen LogP contribution is 2.27. The third kappa shape index (κ3) is 4.95. The zero-order valence-corrected chi connectivity index (χ0v) is 15.0. The lowest BCUT2D eigenvalue weighted by molar-refractivity contribution is -0.385. The molecule has 0 aromatic heterocycles. The predicted octanol–water partition coefficient (Wildman–Crippen LogP) is 3.25. The van der Waals surface area contributed by atoms with Crippen LogP contribution in [0.2, 0.25) is 0 Å². The Hall–Kier alpha value is -3.09. The van der Waals surface area contributed by atoms with Crippen molar-refractivity contribution in [2.75, 3.05) is 31.6 Å². The monoisotopic (exact) mass is 357 g/mol. The molecule has 26 heavy (non-hydrogen) atoms. The van der Waals surface area contributed by atoms with Gasteiger partial charge in [-0.05, 0) is 37.6 Å². The number of para-hydroxylation sites is 1. The Kier molecular flexibility index (Phi) is 6.96. The Morgan fingerprint density at radius 1 is 1.23 bits per heavy atom. The summed E-state index contributed by atoms with van der Waals surface area (Å²) in [6, 6.07) is 14.3. The lowest BCUT2D eigenvalue weighted by Gasteiger charge is -2.23. The van der Waals surface area contributed by atoms with Crippen LogP contribution in [0.3, 0.4) is 0 Å². The molecule has 0 aliphatic carbocycles. The molecule has 0 bridgehead atoms. The molecule has 7 heteroatoms. The molecule has 0 heterocycles. The number of nitrogens with one attached hydrogen (secondary N) is 1. The van der Waals surface area contributed by atoms with Crippen LogP contribution in [0, 0.1) is 10.1 Å². The van der Waals surface area contributed by atoms with Crippen LogP contribution >= 0.6 is 0 Å². The van der Waals surface area contributed by atoms with Gasteiger partial charge in [0.1, 0.15) is 0 Å². The van der Waals surface area contributed by atoms with Crippen molar-refractivity contribution in [3.63, 3.8) is 0 Å². The molecular weight excluding hydrogens is 334 g/mol. The highest BCUT2D eigenvalue weighted by atomic mass is 16.6. The second kappa shape index (κ2) is 9.41. The van der Waals surface area contributed by atoms with E-state index in [1.807, 2.05) is 18.2 Å². The maximum atomic E-state index is 12.2. The average molecular weight is 357 g/mol. The zero-order valence-electron chi connectivity index (χ0n) is 15.0. The molecule has 7 nitrogen and oxygen atoms in total. The predicted molar refractivity (Wildman–Crippen MR) is 101 cm³/mol. The van der Waals surface area contributed by atoms with Gasteiger partial charge in [-0.1, -0.05) is 18.2 Å². The fourth-order valence-corrected chi connectivity index (χ4v) is 2.66. The number of methoxy groups -OCH3 is 1. The van der Waals surface area contributed by atoms with Crippen LogP contribution in [0.5, 0.6) is 5.75 Å². The van der Waals surface area contributed by atoms with Gasteiger partial charge in [0.2, 0.25) is 0 Å². The number of rotatable bonds is 9. The molecule has 0 saturated carbocycles. The molecule has 0 unspecified atom stereocenters. The van der Waals surface area contributed by atoms with Crippen LogP contribution in [0.15, 0.2) is 48.5 Å². The van der Waals surface area contributed by atoms with Gasteiger partial charge in [0.15, 0.2) is 5.75 Å². The molecule has 0 fully saturated rings. The maximum absolute atomic E-state index is 12.2. The number of nitro benzene ring substituents is 1. The SMILES string of the molecule is CCN(CCCNC(=O)c1ccc(OC)c([N+](=O)[O-])c1)c1ccccc1. The maximum Gasteiger partial charge on any atom is 0.311 e. The summed E-state index contributed by atoms with van der Waals surface area (Å²) in [4.78, 5) is 24.9. The standard InChI is InChI=1S/C19H23N3O4/c1-3-21(16-8-5-4-6-9-16)13-7-12-20-19(23)15-10-11-18(26-2)17(14-15)22(24)25/h4-6,8-11,14H,3,7,12-13H2,1-2H3,(H,20,23). The summed E-state index contributed by atoms with van der Waals surface area (Å²) >= 11 is 0. The molecule has 1 N–H and O–H groups in total. The van der Waals surface area contributed by atoms with Crippen molar-refractivity contribution in [2.45, 2.75) is 13.3 Å². The molecule has 2 rings (SSSR count). The first-order valence-electron chi connectivity index (χ1n) is 8.47. The molecule has 0 aliphatic heterocycles. The Balaban J connectivity index is 1.89. The van der Waals surface area contributed by atoms with Crippen molar-refractivity contribution in [1.82, 2.24) is 5.32 Å². The summed E-state index contributed by atoms with van der Waals surface area (Å²) < 4.78 is 4.94. The smallest absolute Gasteiger partial charge is 0.311 e. The summed E-state index contributed by atoms with van der Waals surface area (Å²) in [5.41, 5.74) is 1.17. The molecule has 2 aromatic carbocycles. The van der Waals surface area contributed by atoms with E-state index in [4.69, 9.17) is 4.74 Å². The van der Waals surface area contributed by atoms with E-state index in [9.17, 15) is 14.9 Å². The van der Waals surface area contributed by atoms with E-state index < -0.39 is 4.92 Å². The van der Waals surface area contributed by atoms with Crippen molar-refractivity contribution in [3.05, 3.63) is 64.2 Å². The number of hydrogen-bond donors (Lipinski definition) is 1. The highest BCUT2D eigenvalue weighted by molar-refractivity contribution is 5.95. The number of anilines is 1. The summed E-state index contributed by atoms with van der Waals surface area (Å²) in [5.74, 6) is -0.202. The van der Waals surface area contributed by atoms with E-state index in [2.05, 4.69) is 29.3 Å². The number of hydrogen-bond acceptors (Lipinski definition) is 5. The topological polar surface area (TPSA) is 84.7 Å². The second-order valence-corrected chi connectivity index (χ2v) is 5.67. The summed E-state index contributed by atoms with van der Waals surface area (Å²) in [7, 11) is 1.36. The number of nitrogens with zero attached hydrogens (tertiary/aromatic N) is 2. The summed E-state index contributed by atoms with van der Waals surface area (Å²) in [6.45, 7) is 4.26. The first-order chi connectivity index (χ1) is 12.6. The quantitative estimate of drug-likeness (QED) is 0.423. The largest absolute Gasteiger partial charge is 0.490 e. The van der Waals surface area contributed by atoms with Gasteiger partial charge in [-0.2, -0.15) is 0 Å². The zero-order chi connectivity index (χ0) is 18.9. The van der Waals surface area contributed by atoms with Crippen LogP contribution in [-0.2, 0) is 0 Å². The molecule has 0 spiro atoms. The summed E-state index contributed by atoms with van der Waals surface area (Å²) in [6.07, 6.45) is 0.771. The van der Waals surface area contributed by atoms with E-state index >= 15 is 0 Å². The van der Waals surface area contributed by atoms with Gasteiger partial charge < -0.3 is 15.0 Å². The van der Waals surface area contributed by atoms with Crippen LogP contribution in [-0.4, -0.2) is 37.6 Å². The van der Waals surface area contributed by atoms with E-state index in [0.29, 0.717) is 6.54 Å². The Bertz CT molecular complexity index is 750. The van der Waals surface area contributed by atoms with E-state index in [-0.39, 0.29) is 22.9 Å². The van der Waals surface area contributed by atoms with Gasteiger partial charge in [0, 0.05) is 37.0 Å². The molecule has 0 aliphatic rings. The number of ether oxygens (including phenoxy) is 1. The van der Waals surface area contributed by atoms with Gasteiger partial charge in [0.25, 0.3) is 5.91 Å². The molecule has 138 valence electrons.